The largest absolute Gasteiger partial charge is 0.471 e. The molecule has 1 aliphatic rings. The number of nitrogens with one attached hydrogen (secondary N) is 1. The fraction of sp³-hybridized carbons (Fsp3) is 0.278. The average molecular weight is 388 g/mol. The van der Waals surface area contributed by atoms with Gasteiger partial charge in [0.1, 0.15) is 11.3 Å². The smallest absolute Gasteiger partial charge is 0.330 e. The molecule has 1 N–H and O–H groups in total. The lowest BCUT2D eigenvalue weighted by atomic mass is 10.3. The molecule has 4 rings (SSSR count). The number of anilines is 1. The van der Waals surface area contributed by atoms with Crippen LogP contribution in [0.3, 0.4) is 0 Å². The number of aromatic nitrogens is 2. The van der Waals surface area contributed by atoms with Crippen molar-refractivity contribution in [3.05, 3.63) is 47.7 Å². The van der Waals surface area contributed by atoms with E-state index in [0.29, 0.717) is 35.0 Å². The SMILES string of the molecule is O=C(N1CCNCC1)N(COc1cccnc1)c1nc2cc(Cl)ccc2o1. The lowest BCUT2D eigenvalue weighted by Crippen LogP contribution is -2.52. The molecule has 1 saturated heterocycles. The van der Waals surface area contributed by atoms with Crippen LogP contribution in [-0.2, 0) is 0 Å². The minimum Gasteiger partial charge on any atom is -0.471 e. The van der Waals surface area contributed by atoms with Crippen LogP contribution in [0.4, 0.5) is 10.8 Å². The average Bonchev–Trinajstić information content (AvgIpc) is 3.12. The van der Waals surface area contributed by atoms with Gasteiger partial charge >= 0.3 is 12.0 Å². The number of fused-ring (bicyclic) bond motifs is 1. The number of pyridine rings is 1. The molecule has 3 aromatic rings. The normalized spacial score (nSPS) is 14.3. The molecular weight excluding hydrogens is 370 g/mol. The van der Waals surface area contributed by atoms with Crippen molar-refractivity contribution in [3.8, 4) is 5.75 Å². The zero-order valence-electron chi connectivity index (χ0n) is 14.5. The number of benzene rings is 1. The standard InChI is InChI=1S/C18H18ClN5O3/c19-13-3-4-16-15(10-13)22-17(27-16)24(12-26-14-2-1-5-21-11-14)18(25)23-8-6-20-7-9-23/h1-5,10-11,20H,6-9,12H2. The molecular formula is C18H18ClN5O3. The van der Waals surface area contributed by atoms with Gasteiger partial charge in [0, 0.05) is 37.4 Å². The first-order chi connectivity index (χ1) is 13.2. The predicted molar refractivity (Wildman–Crippen MR) is 101 cm³/mol. The number of urea groups is 1. The van der Waals surface area contributed by atoms with E-state index in [1.807, 2.05) is 0 Å². The summed E-state index contributed by atoms with van der Waals surface area (Å²) >= 11 is 6.02. The van der Waals surface area contributed by atoms with Gasteiger partial charge in [0.05, 0.1) is 6.20 Å². The summed E-state index contributed by atoms with van der Waals surface area (Å²) in [6, 6.07) is 8.61. The summed E-state index contributed by atoms with van der Waals surface area (Å²) in [6.07, 6.45) is 3.24. The molecule has 2 amide bonds. The fourth-order valence-corrected chi connectivity index (χ4v) is 2.96. The number of carbonyl (C=O) groups excluding carboxylic acids is 1. The number of hydrogen-bond donors (Lipinski definition) is 1. The molecule has 8 nitrogen and oxygen atoms in total. The molecule has 0 bridgehead atoms. The van der Waals surface area contributed by atoms with E-state index in [9.17, 15) is 4.79 Å². The lowest BCUT2D eigenvalue weighted by Gasteiger charge is -2.31. The van der Waals surface area contributed by atoms with Gasteiger partial charge < -0.3 is 19.4 Å². The van der Waals surface area contributed by atoms with Crippen molar-refractivity contribution in [1.82, 2.24) is 20.2 Å². The van der Waals surface area contributed by atoms with Crippen LogP contribution in [0.1, 0.15) is 0 Å². The summed E-state index contributed by atoms with van der Waals surface area (Å²) in [5, 5.41) is 3.78. The van der Waals surface area contributed by atoms with Crippen LogP contribution in [0, 0.1) is 0 Å². The topological polar surface area (TPSA) is 83.7 Å². The van der Waals surface area contributed by atoms with Gasteiger partial charge in [-0.3, -0.25) is 4.98 Å². The number of nitrogens with zero attached hydrogens (tertiary/aromatic N) is 4. The van der Waals surface area contributed by atoms with Crippen molar-refractivity contribution < 1.29 is 13.9 Å². The minimum atomic E-state index is -0.224. The van der Waals surface area contributed by atoms with Gasteiger partial charge in [-0.2, -0.15) is 4.98 Å². The number of rotatable bonds is 4. The third-order valence-electron chi connectivity index (χ3n) is 4.18. The van der Waals surface area contributed by atoms with Crippen LogP contribution in [0.15, 0.2) is 47.1 Å². The molecule has 140 valence electrons. The highest BCUT2D eigenvalue weighted by molar-refractivity contribution is 6.31. The van der Waals surface area contributed by atoms with Crippen molar-refractivity contribution in [1.29, 1.82) is 0 Å². The number of piperazine rings is 1. The molecule has 0 saturated carbocycles. The van der Waals surface area contributed by atoms with Crippen LogP contribution in [0.5, 0.6) is 5.75 Å². The Kier molecular flexibility index (Phi) is 5.08. The van der Waals surface area contributed by atoms with Crippen molar-refractivity contribution in [3.63, 3.8) is 0 Å². The van der Waals surface area contributed by atoms with E-state index in [2.05, 4.69) is 15.3 Å². The van der Waals surface area contributed by atoms with Crippen molar-refractivity contribution in [2.45, 2.75) is 0 Å². The zero-order valence-corrected chi connectivity index (χ0v) is 15.2. The first-order valence-electron chi connectivity index (χ1n) is 8.57. The third kappa shape index (κ3) is 3.96. The van der Waals surface area contributed by atoms with Crippen LogP contribution in [0.2, 0.25) is 5.02 Å². The van der Waals surface area contributed by atoms with Crippen molar-refractivity contribution in [2.24, 2.45) is 0 Å². The van der Waals surface area contributed by atoms with Gasteiger partial charge in [0.25, 0.3) is 0 Å². The summed E-state index contributed by atoms with van der Waals surface area (Å²) < 4.78 is 11.5. The van der Waals surface area contributed by atoms with Crippen LogP contribution < -0.4 is 15.0 Å². The van der Waals surface area contributed by atoms with E-state index >= 15 is 0 Å². The van der Waals surface area contributed by atoms with E-state index in [4.69, 9.17) is 20.8 Å². The monoisotopic (exact) mass is 387 g/mol. The second-order valence-corrected chi connectivity index (χ2v) is 6.45. The first-order valence-corrected chi connectivity index (χ1v) is 8.94. The zero-order chi connectivity index (χ0) is 18.6. The quantitative estimate of drug-likeness (QED) is 0.693. The molecule has 2 aromatic heterocycles. The fourth-order valence-electron chi connectivity index (χ4n) is 2.79. The van der Waals surface area contributed by atoms with Crippen LogP contribution in [0.25, 0.3) is 11.1 Å². The Labute approximate surface area is 160 Å². The molecule has 1 aliphatic heterocycles. The molecule has 3 heterocycles. The summed E-state index contributed by atoms with van der Waals surface area (Å²) in [4.78, 5) is 24.6. The van der Waals surface area contributed by atoms with Gasteiger partial charge in [0.15, 0.2) is 12.3 Å². The molecule has 0 spiro atoms. The van der Waals surface area contributed by atoms with Gasteiger partial charge in [0.2, 0.25) is 0 Å². The maximum Gasteiger partial charge on any atom is 0.330 e. The summed E-state index contributed by atoms with van der Waals surface area (Å²) in [6.45, 7) is 2.65. The second-order valence-electron chi connectivity index (χ2n) is 6.02. The first kappa shape index (κ1) is 17.6. The molecule has 0 aliphatic carbocycles. The molecule has 0 atom stereocenters. The van der Waals surface area contributed by atoms with Crippen molar-refractivity contribution in [2.75, 3.05) is 37.8 Å². The van der Waals surface area contributed by atoms with Gasteiger partial charge in [-0.25, -0.2) is 9.69 Å². The van der Waals surface area contributed by atoms with E-state index in [-0.39, 0.29) is 18.8 Å². The highest BCUT2D eigenvalue weighted by Crippen LogP contribution is 2.25. The summed E-state index contributed by atoms with van der Waals surface area (Å²) in [5.41, 5.74) is 1.13. The highest BCUT2D eigenvalue weighted by atomic mass is 35.5. The third-order valence-corrected chi connectivity index (χ3v) is 4.42. The molecule has 1 fully saturated rings. The number of oxazole rings is 1. The Bertz CT molecular complexity index is 927. The summed E-state index contributed by atoms with van der Waals surface area (Å²) in [7, 11) is 0. The van der Waals surface area contributed by atoms with Crippen LogP contribution >= 0.6 is 11.6 Å². The van der Waals surface area contributed by atoms with Crippen LogP contribution in [-0.4, -0.2) is 53.8 Å². The Morgan fingerprint density at radius 2 is 2.19 bits per heavy atom. The van der Waals surface area contributed by atoms with Gasteiger partial charge in [-0.05, 0) is 30.3 Å². The van der Waals surface area contributed by atoms with E-state index in [1.165, 1.54) is 4.90 Å². The maximum atomic E-state index is 13.1. The Balaban J connectivity index is 1.62. The molecule has 27 heavy (non-hydrogen) atoms. The van der Waals surface area contributed by atoms with Gasteiger partial charge in [-0.1, -0.05) is 11.6 Å². The number of carbonyl (C=O) groups is 1. The molecule has 1 aromatic carbocycles. The van der Waals surface area contributed by atoms with E-state index < -0.39 is 0 Å². The van der Waals surface area contributed by atoms with Gasteiger partial charge in [-0.15, -0.1) is 0 Å². The maximum absolute atomic E-state index is 13.1. The Morgan fingerprint density at radius 3 is 2.96 bits per heavy atom. The predicted octanol–water partition coefficient (Wildman–Crippen LogP) is 2.74. The number of halogens is 1. The molecule has 9 heteroatoms. The Morgan fingerprint density at radius 1 is 1.33 bits per heavy atom. The summed E-state index contributed by atoms with van der Waals surface area (Å²) in [5.74, 6) is 0.551. The second kappa shape index (κ2) is 7.81. The van der Waals surface area contributed by atoms with Crippen molar-refractivity contribution >= 4 is 34.7 Å². The van der Waals surface area contributed by atoms with E-state index in [1.54, 1.807) is 47.6 Å². The Hall–Kier alpha value is -2.84. The number of hydrogen-bond acceptors (Lipinski definition) is 6. The molecule has 0 radical (unpaired) electrons. The minimum absolute atomic E-state index is 0.0466. The molecule has 0 unspecified atom stereocenters. The van der Waals surface area contributed by atoms with E-state index in [0.717, 1.165) is 13.1 Å². The highest BCUT2D eigenvalue weighted by Gasteiger charge is 2.28. The number of amides is 2. The lowest BCUT2D eigenvalue weighted by molar-refractivity contribution is 0.186. The number of ether oxygens (including phenoxy) is 1.